The van der Waals surface area contributed by atoms with Gasteiger partial charge in [0.2, 0.25) is 0 Å². The van der Waals surface area contributed by atoms with Crippen LogP contribution in [0.1, 0.15) is 11.4 Å². The number of hydrogen-bond acceptors (Lipinski definition) is 2. The second-order valence-corrected chi connectivity index (χ2v) is 4.13. The molecule has 16 heavy (non-hydrogen) atoms. The Bertz CT molecular complexity index is 474. The summed E-state index contributed by atoms with van der Waals surface area (Å²) in [7, 11) is 0. The zero-order chi connectivity index (χ0) is 11.5. The molecular formula is C12H14ClN3. The molecule has 4 heteroatoms. The molecule has 2 rings (SSSR count). The van der Waals surface area contributed by atoms with Crippen LogP contribution < -0.4 is 5.73 Å². The number of aromatic amines is 1. The summed E-state index contributed by atoms with van der Waals surface area (Å²) in [4.78, 5) is 7.46. The summed E-state index contributed by atoms with van der Waals surface area (Å²) in [5.41, 5.74) is 8.51. The highest BCUT2D eigenvalue weighted by Gasteiger charge is 2.09. The Balaban J connectivity index is 2.36. The molecule has 0 spiro atoms. The summed E-state index contributed by atoms with van der Waals surface area (Å²) >= 11 is 6.10. The second-order valence-electron chi connectivity index (χ2n) is 3.75. The predicted molar refractivity (Wildman–Crippen MR) is 66.5 cm³/mol. The van der Waals surface area contributed by atoms with E-state index in [1.165, 1.54) is 5.56 Å². The molecule has 1 heterocycles. The first-order valence-electron chi connectivity index (χ1n) is 5.22. The molecule has 0 bridgehead atoms. The first-order chi connectivity index (χ1) is 7.70. The number of H-pyrrole nitrogens is 1. The van der Waals surface area contributed by atoms with Gasteiger partial charge in [-0.1, -0.05) is 41.4 Å². The van der Waals surface area contributed by atoms with Crippen LogP contribution in [0.15, 0.2) is 24.3 Å². The molecule has 0 saturated carbocycles. The summed E-state index contributed by atoms with van der Waals surface area (Å²) in [5.74, 6) is 0.836. The number of aryl methyl sites for hydroxylation is 1. The molecule has 0 amide bonds. The minimum atomic E-state index is 0.567. The smallest absolute Gasteiger partial charge is 0.134 e. The van der Waals surface area contributed by atoms with Gasteiger partial charge in [0.25, 0.3) is 0 Å². The van der Waals surface area contributed by atoms with Gasteiger partial charge in [-0.2, -0.15) is 0 Å². The van der Waals surface area contributed by atoms with Crippen LogP contribution in [0, 0.1) is 6.92 Å². The predicted octanol–water partition coefficient (Wildman–Crippen LogP) is 2.54. The third-order valence-electron chi connectivity index (χ3n) is 2.41. The molecule has 0 saturated heterocycles. The maximum atomic E-state index is 6.10. The van der Waals surface area contributed by atoms with E-state index >= 15 is 0 Å². The van der Waals surface area contributed by atoms with E-state index in [4.69, 9.17) is 17.3 Å². The fraction of sp³-hybridized carbons (Fsp3) is 0.250. The summed E-state index contributed by atoms with van der Waals surface area (Å²) in [5, 5.41) is 0.576. The van der Waals surface area contributed by atoms with Crippen LogP contribution in [0.5, 0.6) is 0 Å². The SMILES string of the molecule is Cc1ccc(-c2nc(CCN)[nH]c2Cl)cc1. The van der Waals surface area contributed by atoms with Crippen molar-refractivity contribution in [2.45, 2.75) is 13.3 Å². The molecular weight excluding hydrogens is 222 g/mol. The highest BCUT2D eigenvalue weighted by Crippen LogP contribution is 2.25. The summed E-state index contributed by atoms with van der Waals surface area (Å²) in [6.45, 7) is 2.62. The second kappa shape index (κ2) is 4.68. The third-order valence-corrected chi connectivity index (χ3v) is 2.69. The average molecular weight is 236 g/mol. The Morgan fingerprint density at radius 1 is 1.31 bits per heavy atom. The molecule has 0 unspecified atom stereocenters. The van der Waals surface area contributed by atoms with Gasteiger partial charge < -0.3 is 10.7 Å². The number of hydrogen-bond donors (Lipinski definition) is 2. The zero-order valence-electron chi connectivity index (χ0n) is 9.13. The highest BCUT2D eigenvalue weighted by atomic mass is 35.5. The van der Waals surface area contributed by atoms with Gasteiger partial charge in [-0.15, -0.1) is 0 Å². The normalized spacial score (nSPS) is 10.7. The third kappa shape index (κ3) is 2.26. The molecule has 0 aliphatic heterocycles. The maximum Gasteiger partial charge on any atom is 0.134 e. The number of aromatic nitrogens is 2. The van der Waals surface area contributed by atoms with Crippen LogP contribution in [-0.4, -0.2) is 16.5 Å². The molecule has 2 aromatic rings. The fourth-order valence-electron chi connectivity index (χ4n) is 1.56. The van der Waals surface area contributed by atoms with E-state index in [1.807, 2.05) is 24.3 Å². The van der Waals surface area contributed by atoms with Crippen molar-refractivity contribution in [1.29, 1.82) is 0 Å². The van der Waals surface area contributed by atoms with Crippen molar-refractivity contribution in [3.05, 3.63) is 40.8 Å². The van der Waals surface area contributed by atoms with E-state index < -0.39 is 0 Å². The molecule has 1 aromatic carbocycles. The molecule has 3 nitrogen and oxygen atoms in total. The number of nitrogens with zero attached hydrogens (tertiary/aromatic N) is 1. The molecule has 1 aromatic heterocycles. The van der Waals surface area contributed by atoms with Crippen molar-refractivity contribution in [2.75, 3.05) is 6.54 Å². The Labute approximate surface area is 99.7 Å². The molecule has 84 valence electrons. The lowest BCUT2D eigenvalue weighted by molar-refractivity contribution is 0.895. The van der Waals surface area contributed by atoms with Gasteiger partial charge >= 0.3 is 0 Å². The maximum absolute atomic E-state index is 6.10. The van der Waals surface area contributed by atoms with E-state index in [-0.39, 0.29) is 0 Å². The molecule has 0 aliphatic rings. The topological polar surface area (TPSA) is 54.7 Å². The van der Waals surface area contributed by atoms with Crippen LogP contribution >= 0.6 is 11.6 Å². The van der Waals surface area contributed by atoms with E-state index in [0.717, 1.165) is 17.1 Å². The molecule has 0 aliphatic carbocycles. The average Bonchev–Trinajstić information content (AvgIpc) is 2.61. The Morgan fingerprint density at radius 2 is 2.00 bits per heavy atom. The quantitative estimate of drug-likeness (QED) is 0.859. The van der Waals surface area contributed by atoms with E-state index in [9.17, 15) is 0 Å². The zero-order valence-corrected chi connectivity index (χ0v) is 9.88. The van der Waals surface area contributed by atoms with Gasteiger partial charge in [-0.3, -0.25) is 0 Å². The van der Waals surface area contributed by atoms with Crippen molar-refractivity contribution >= 4 is 11.6 Å². The Kier molecular flexibility index (Phi) is 3.27. The van der Waals surface area contributed by atoms with Crippen molar-refractivity contribution in [1.82, 2.24) is 9.97 Å². The van der Waals surface area contributed by atoms with Crippen molar-refractivity contribution in [2.24, 2.45) is 5.73 Å². The van der Waals surface area contributed by atoms with Crippen LogP contribution in [0.3, 0.4) is 0 Å². The van der Waals surface area contributed by atoms with Gasteiger partial charge in [0.05, 0.1) is 0 Å². The lowest BCUT2D eigenvalue weighted by Gasteiger charge is -1.97. The first kappa shape index (κ1) is 11.2. The minimum absolute atomic E-state index is 0.567. The lowest BCUT2D eigenvalue weighted by Crippen LogP contribution is -2.03. The minimum Gasteiger partial charge on any atom is -0.332 e. The summed E-state index contributed by atoms with van der Waals surface area (Å²) in [6, 6.07) is 8.12. The van der Waals surface area contributed by atoms with Crippen LogP contribution in [0.4, 0.5) is 0 Å². The van der Waals surface area contributed by atoms with Crippen LogP contribution in [-0.2, 0) is 6.42 Å². The van der Waals surface area contributed by atoms with Crippen LogP contribution in [0.2, 0.25) is 5.15 Å². The lowest BCUT2D eigenvalue weighted by atomic mass is 10.1. The van der Waals surface area contributed by atoms with Gasteiger partial charge in [0, 0.05) is 12.0 Å². The number of rotatable bonds is 3. The largest absolute Gasteiger partial charge is 0.332 e. The number of nitrogens with one attached hydrogen (secondary N) is 1. The van der Waals surface area contributed by atoms with E-state index in [0.29, 0.717) is 18.1 Å². The van der Waals surface area contributed by atoms with Gasteiger partial charge in [0.1, 0.15) is 16.7 Å². The van der Waals surface area contributed by atoms with E-state index in [2.05, 4.69) is 16.9 Å². The summed E-state index contributed by atoms with van der Waals surface area (Å²) < 4.78 is 0. The Morgan fingerprint density at radius 3 is 2.62 bits per heavy atom. The first-order valence-corrected chi connectivity index (χ1v) is 5.60. The standard InChI is InChI=1S/C12H14ClN3/c1-8-2-4-9(5-3-8)11-12(13)16-10(15-11)6-7-14/h2-5H,6-7,14H2,1H3,(H,15,16). The number of imidazole rings is 1. The fourth-order valence-corrected chi connectivity index (χ4v) is 1.82. The van der Waals surface area contributed by atoms with Gasteiger partial charge in [-0.25, -0.2) is 4.98 Å². The number of halogens is 1. The van der Waals surface area contributed by atoms with Crippen molar-refractivity contribution < 1.29 is 0 Å². The van der Waals surface area contributed by atoms with Crippen molar-refractivity contribution in [3.8, 4) is 11.3 Å². The monoisotopic (exact) mass is 235 g/mol. The van der Waals surface area contributed by atoms with Gasteiger partial charge in [0.15, 0.2) is 0 Å². The molecule has 3 N–H and O–H groups in total. The highest BCUT2D eigenvalue weighted by molar-refractivity contribution is 6.31. The molecule has 0 fully saturated rings. The molecule has 0 radical (unpaired) electrons. The molecule has 0 atom stereocenters. The number of benzene rings is 1. The van der Waals surface area contributed by atoms with Gasteiger partial charge in [-0.05, 0) is 13.5 Å². The summed E-state index contributed by atoms with van der Waals surface area (Å²) in [6.07, 6.45) is 0.714. The Hall–Kier alpha value is -1.32. The number of nitrogens with two attached hydrogens (primary N) is 1. The van der Waals surface area contributed by atoms with Crippen LogP contribution in [0.25, 0.3) is 11.3 Å². The van der Waals surface area contributed by atoms with Crippen molar-refractivity contribution in [3.63, 3.8) is 0 Å². The van der Waals surface area contributed by atoms with E-state index in [1.54, 1.807) is 0 Å².